The normalized spacial score (nSPS) is 17.3. The second-order valence-electron chi connectivity index (χ2n) is 4.30. The summed E-state index contributed by atoms with van der Waals surface area (Å²) in [5.74, 6) is 0.129. The highest BCUT2D eigenvalue weighted by molar-refractivity contribution is 9.10. The maximum Gasteiger partial charge on any atom is 0.162 e. The minimum atomic E-state index is -0.373. The molecule has 19 heavy (non-hydrogen) atoms. The first-order chi connectivity index (χ1) is 9.13. The van der Waals surface area contributed by atoms with Gasteiger partial charge in [0.1, 0.15) is 11.9 Å². The molecule has 0 saturated carbocycles. The first-order valence-corrected chi connectivity index (χ1v) is 6.95. The molecule has 1 aliphatic rings. The number of ether oxygens (including phenoxy) is 1. The fraction of sp³-hybridized carbons (Fsp3) is 0.143. The van der Waals surface area contributed by atoms with E-state index < -0.39 is 0 Å². The maximum absolute atomic E-state index is 13.2. The van der Waals surface area contributed by atoms with Crippen LogP contribution in [0.2, 0.25) is 5.02 Å². The number of hydrogen-bond acceptors (Lipinski definition) is 2. The van der Waals surface area contributed by atoms with Crippen LogP contribution in [0.1, 0.15) is 11.7 Å². The summed E-state index contributed by atoms with van der Waals surface area (Å²) in [7, 11) is 0. The molecule has 3 rings (SSSR count). The van der Waals surface area contributed by atoms with Crippen LogP contribution in [0.4, 0.5) is 10.1 Å². The van der Waals surface area contributed by atoms with Crippen LogP contribution in [-0.2, 0) is 0 Å². The summed E-state index contributed by atoms with van der Waals surface area (Å²) < 4.78 is 20.1. The van der Waals surface area contributed by atoms with Crippen molar-refractivity contribution in [2.24, 2.45) is 0 Å². The van der Waals surface area contributed by atoms with Crippen LogP contribution in [0, 0.1) is 5.82 Å². The van der Waals surface area contributed by atoms with Gasteiger partial charge in [0.25, 0.3) is 0 Å². The number of anilines is 1. The predicted octanol–water partition coefficient (Wildman–Crippen LogP) is 4.79. The van der Waals surface area contributed by atoms with E-state index in [1.54, 1.807) is 0 Å². The van der Waals surface area contributed by atoms with Crippen LogP contribution >= 0.6 is 27.5 Å². The van der Waals surface area contributed by atoms with Crippen molar-refractivity contribution in [3.63, 3.8) is 0 Å². The zero-order chi connectivity index (χ0) is 13.4. The van der Waals surface area contributed by atoms with E-state index >= 15 is 0 Å². The molecule has 1 N–H and O–H groups in total. The van der Waals surface area contributed by atoms with E-state index in [1.807, 2.05) is 24.3 Å². The Morgan fingerprint density at radius 1 is 1.26 bits per heavy atom. The molecule has 1 aliphatic heterocycles. The van der Waals surface area contributed by atoms with E-state index in [1.165, 1.54) is 12.1 Å². The molecule has 0 saturated heterocycles. The van der Waals surface area contributed by atoms with Crippen molar-refractivity contribution in [2.75, 3.05) is 11.9 Å². The van der Waals surface area contributed by atoms with E-state index in [9.17, 15) is 4.39 Å². The molecule has 0 fully saturated rings. The molecule has 1 atom stereocenters. The third-order valence-electron chi connectivity index (χ3n) is 2.99. The SMILES string of the molecule is Fc1cc(Cl)c2c(c1)NCC(c1ccc(Br)cc1)O2. The third-order valence-corrected chi connectivity index (χ3v) is 3.80. The zero-order valence-electron chi connectivity index (χ0n) is 9.79. The van der Waals surface area contributed by atoms with Gasteiger partial charge in [-0.2, -0.15) is 0 Å². The van der Waals surface area contributed by atoms with Crippen LogP contribution in [0.5, 0.6) is 5.75 Å². The van der Waals surface area contributed by atoms with Gasteiger partial charge < -0.3 is 10.1 Å². The number of rotatable bonds is 1. The van der Waals surface area contributed by atoms with E-state index in [4.69, 9.17) is 16.3 Å². The number of benzene rings is 2. The molecule has 0 aliphatic carbocycles. The van der Waals surface area contributed by atoms with E-state index in [0.29, 0.717) is 18.0 Å². The molecular weight excluding hydrogens is 333 g/mol. The van der Waals surface area contributed by atoms with Gasteiger partial charge in [0.2, 0.25) is 0 Å². The van der Waals surface area contributed by atoms with Crippen LogP contribution < -0.4 is 10.1 Å². The summed E-state index contributed by atoms with van der Waals surface area (Å²) in [6, 6.07) is 10.5. The molecule has 1 unspecified atom stereocenters. The molecule has 0 aromatic heterocycles. The van der Waals surface area contributed by atoms with Gasteiger partial charge in [-0.25, -0.2) is 4.39 Å². The fourth-order valence-electron chi connectivity index (χ4n) is 2.06. The molecule has 2 nitrogen and oxygen atoms in total. The molecular formula is C14H10BrClFNO. The average Bonchev–Trinajstić information content (AvgIpc) is 2.39. The van der Waals surface area contributed by atoms with Crippen LogP contribution in [0.3, 0.4) is 0 Å². The van der Waals surface area contributed by atoms with Crippen molar-refractivity contribution < 1.29 is 9.13 Å². The number of hydrogen-bond donors (Lipinski definition) is 1. The highest BCUT2D eigenvalue weighted by Gasteiger charge is 2.23. The van der Waals surface area contributed by atoms with Gasteiger partial charge in [-0.15, -0.1) is 0 Å². The molecule has 1 heterocycles. The van der Waals surface area contributed by atoms with Crippen LogP contribution in [0.25, 0.3) is 0 Å². The number of halogens is 3. The largest absolute Gasteiger partial charge is 0.480 e. The van der Waals surface area contributed by atoms with Crippen LogP contribution in [-0.4, -0.2) is 6.54 Å². The molecule has 5 heteroatoms. The van der Waals surface area contributed by atoms with Crippen molar-refractivity contribution in [3.05, 3.63) is 57.3 Å². The summed E-state index contributed by atoms with van der Waals surface area (Å²) in [4.78, 5) is 0. The fourth-order valence-corrected chi connectivity index (χ4v) is 2.58. The molecule has 0 spiro atoms. The Kier molecular flexibility index (Phi) is 3.37. The Bertz CT molecular complexity index is 618. The average molecular weight is 343 g/mol. The Labute approximate surface area is 123 Å². The summed E-state index contributed by atoms with van der Waals surface area (Å²) in [6.45, 7) is 0.578. The highest BCUT2D eigenvalue weighted by atomic mass is 79.9. The van der Waals surface area contributed by atoms with Gasteiger partial charge in [0.05, 0.1) is 17.3 Å². The third kappa shape index (κ3) is 2.55. The molecule has 2 aromatic carbocycles. The Hall–Kier alpha value is -1.26. The highest BCUT2D eigenvalue weighted by Crippen LogP contribution is 2.40. The van der Waals surface area contributed by atoms with E-state index in [2.05, 4.69) is 21.2 Å². The Morgan fingerprint density at radius 2 is 2.00 bits per heavy atom. The first-order valence-electron chi connectivity index (χ1n) is 5.78. The van der Waals surface area contributed by atoms with Gasteiger partial charge >= 0.3 is 0 Å². The lowest BCUT2D eigenvalue weighted by Gasteiger charge is -2.28. The van der Waals surface area contributed by atoms with Crippen molar-refractivity contribution in [2.45, 2.75) is 6.10 Å². The first kappa shape index (κ1) is 12.8. The van der Waals surface area contributed by atoms with Crippen molar-refractivity contribution >= 4 is 33.2 Å². The second-order valence-corrected chi connectivity index (χ2v) is 5.63. The van der Waals surface area contributed by atoms with E-state index in [-0.39, 0.29) is 16.9 Å². The van der Waals surface area contributed by atoms with Gasteiger partial charge in [-0.05, 0) is 23.8 Å². The van der Waals surface area contributed by atoms with Gasteiger partial charge in [0.15, 0.2) is 5.75 Å². The van der Waals surface area contributed by atoms with Gasteiger partial charge in [-0.1, -0.05) is 39.7 Å². The molecule has 0 radical (unpaired) electrons. The standard InChI is InChI=1S/C14H10BrClFNO/c15-9-3-1-8(2-4-9)13-7-18-12-6-10(17)5-11(16)14(12)19-13/h1-6,13,18H,7H2. The number of fused-ring (bicyclic) bond motifs is 1. The molecule has 0 amide bonds. The lowest BCUT2D eigenvalue weighted by atomic mass is 10.1. The summed E-state index contributed by atoms with van der Waals surface area (Å²) >= 11 is 9.41. The van der Waals surface area contributed by atoms with Crippen molar-refractivity contribution in [1.29, 1.82) is 0 Å². The maximum atomic E-state index is 13.2. The van der Waals surface area contributed by atoms with Crippen molar-refractivity contribution in [3.8, 4) is 5.75 Å². The zero-order valence-corrected chi connectivity index (χ0v) is 12.1. The van der Waals surface area contributed by atoms with Gasteiger partial charge in [-0.3, -0.25) is 0 Å². The van der Waals surface area contributed by atoms with Crippen molar-refractivity contribution in [1.82, 2.24) is 0 Å². The van der Waals surface area contributed by atoms with Crippen LogP contribution in [0.15, 0.2) is 40.9 Å². The van der Waals surface area contributed by atoms with E-state index in [0.717, 1.165) is 10.0 Å². The molecule has 0 bridgehead atoms. The lowest BCUT2D eigenvalue weighted by molar-refractivity contribution is 0.210. The predicted molar refractivity (Wildman–Crippen MR) is 77.4 cm³/mol. The smallest absolute Gasteiger partial charge is 0.162 e. The second kappa shape index (κ2) is 5.02. The Morgan fingerprint density at radius 3 is 2.74 bits per heavy atom. The molecule has 2 aromatic rings. The number of nitrogens with one attached hydrogen (secondary N) is 1. The summed E-state index contributed by atoms with van der Waals surface area (Å²) in [5, 5.41) is 3.43. The minimum absolute atomic E-state index is 0.136. The summed E-state index contributed by atoms with van der Waals surface area (Å²) in [5.41, 5.74) is 1.64. The lowest BCUT2D eigenvalue weighted by Crippen LogP contribution is -2.23. The topological polar surface area (TPSA) is 21.3 Å². The quantitative estimate of drug-likeness (QED) is 0.805. The van der Waals surface area contributed by atoms with Gasteiger partial charge in [0, 0.05) is 10.5 Å². The molecule has 98 valence electrons. The Balaban J connectivity index is 1.92. The minimum Gasteiger partial charge on any atom is -0.480 e. The summed E-state index contributed by atoms with van der Waals surface area (Å²) in [6.07, 6.45) is -0.136. The monoisotopic (exact) mass is 341 g/mol.